The molecule has 1 aromatic carbocycles. The minimum atomic E-state index is 0.414. The molecule has 0 saturated carbocycles. The Morgan fingerprint density at radius 2 is 2.15 bits per heavy atom. The number of thiazole rings is 1. The standard InChI is InChI=1S/C15H18N2OS2/c1-4-11-14(15(16)19)20-13(17-11)8-18-12-7-9(2)5-6-10(12)3/h5-7H,4,8H2,1-3H3,(H2,16,19). The first kappa shape index (κ1) is 14.9. The monoisotopic (exact) mass is 306 g/mol. The van der Waals surface area contributed by atoms with Crippen LogP contribution in [0.3, 0.4) is 0 Å². The van der Waals surface area contributed by atoms with Gasteiger partial charge in [-0.3, -0.25) is 0 Å². The largest absolute Gasteiger partial charge is 0.486 e. The van der Waals surface area contributed by atoms with E-state index >= 15 is 0 Å². The van der Waals surface area contributed by atoms with Crippen LogP contribution in [0.5, 0.6) is 5.75 Å². The number of nitrogens with two attached hydrogens (primary N) is 1. The van der Waals surface area contributed by atoms with Crippen molar-refractivity contribution in [3.8, 4) is 5.75 Å². The molecule has 0 saturated heterocycles. The Kier molecular flexibility index (Phi) is 4.73. The van der Waals surface area contributed by atoms with Crippen LogP contribution >= 0.6 is 23.6 Å². The van der Waals surface area contributed by atoms with Gasteiger partial charge in [0.1, 0.15) is 22.4 Å². The summed E-state index contributed by atoms with van der Waals surface area (Å²) in [5.41, 5.74) is 8.98. The van der Waals surface area contributed by atoms with Gasteiger partial charge >= 0.3 is 0 Å². The van der Waals surface area contributed by atoms with Crippen LogP contribution in [-0.2, 0) is 13.0 Å². The van der Waals surface area contributed by atoms with Crippen LogP contribution in [0.25, 0.3) is 0 Å². The highest BCUT2D eigenvalue weighted by Gasteiger charge is 2.12. The third-order valence-electron chi connectivity index (χ3n) is 3.00. The van der Waals surface area contributed by atoms with Gasteiger partial charge in [-0.25, -0.2) is 4.98 Å². The molecule has 0 spiro atoms. The van der Waals surface area contributed by atoms with Gasteiger partial charge in [0.25, 0.3) is 0 Å². The van der Waals surface area contributed by atoms with Gasteiger partial charge in [0, 0.05) is 0 Å². The number of hydrogen-bond donors (Lipinski definition) is 1. The molecule has 0 fully saturated rings. The summed E-state index contributed by atoms with van der Waals surface area (Å²) in [7, 11) is 0. The fraction of sp³-hybridized carbons (Fsp3) is 0.333. The third kappa shape index (κ3) is 3.35. The lowest BCUT2D eigenvalue weighted by Crippen LogP contribution is -2.09. The van der Waals surface area contributed by atoms with E-state index in [1.165, 1.54) is 16.9 Å². The molecule has 0 atom stereocenters. The van der Waals surface area contributed by atoms with Crippen molar-refractivity contribution in [1.82, 2.24) is 4.98 Å². The minimum absolute atomic E-state index is 0.414. The van der Waals surface area contributed by atoms with E-state index in [2.05, 4.69) is 24.0 Å². The maximum atomic E-state index is 5.86. The Hall–Kier alpha value is -1.46. The van der Waals surface area contributed by atoms with Crippen LogP contribution in [0, 0.1) is 13.8 Å². The van der Waals surface area contributed by atoms with Crippen LogP contribution in [0.1, 0.15) is 33.6 Å². The fourth-order valence-electron chi connectivity index (χ4n) is 1.90. The summed E-state index contributed by atoms with van der Waals surface area (Å²) in [6.45, 7) is 6.58. The van der Waals surface area contributed by atoms with E-state index in [4.69, 9.17) is 22.7 Å². The number of ether oxygens (including phenoxy) is 1. The Morgan fingerprint density at radius 3 is 2.75 bits per heavy atom. The number of aromatic nitrogens is 1. The summed E-state index contributed by atoms with van der Waals surface area (Å²) in [6.07, 6.45) is 0.826. The van der Waals surface area contributed by atoms with Gasteiger partial charge in [-0.1, -0.05) is 31.3 Å². The molecule has 20 heavy (non-hydrogen) atoms. The summed E-state index contributed by atoms with van der Waals surface area (Å²) in [6, 6.07) is 6.17. The van der Waals surface area contributed by atoms with Gasteiger partial charge in [-0.05, 0) is 37.5 Å². The van der Waals surface area contributed by atoms with Gasteiger partial charge in [0.05, 0.1) is 10.6 Å². The first-order valence-corrected chi connectivity index (χ1v) is 7.72. The summed E-state index contributed by atoms with van der Waals surface area (Å²) in [4.78, 5) is 5.86. The molecular formula is C15H18N2OS2. The minimum Gasteiger partial charge on any atom is -0.486 e. The molecule has 106 valence electrons. The zero-order valence-electron chi connectivity index (χ0n) is 11.9. The van der Waals surface area contributed by atoms with E-state index in [1.807, 2.05) is 19.9 Å². The smallest absolute Gasteiger partial charge is 0.140 e. The average molecular weight is 306 g/mol. The topological polar surface area (TPSA) is 48.1 Å². The molecule has 3 nitrogen and oxygen atoms in total. The van der Waals surface area contributed by atoms with E-state index in [9.17, 15) is 0 Å². The first-order chi connectivity index (χ1) is 9.51. The predicted molar refractivity (Wildman–Crippen MR) is 87.6 cm³/mol. The van der Waals surface area contributed by atoms with Crippen LogP contribution in [0.2, 0.25) is 0 Å². The molecule has 0 bridgehead atoms. The predicted octanol–water partition coefficient (Wildman–Crippen LogP) is 3.54. The molecule has 5 heteroatoms. The molecule has 1 aromatic heterocycles. The van der Waals surface area contributed by atoms with Gasteiger partial charge in [-0.2, -0.15) is 0 Å². The number of nitrogens with zero attached hydrogens (tertiary/aromatic N) is 1. The van der Waals surface area contributed by atoms with Crippen molar-refractivity contribution in [3.05, 3.63) is 44.9 Å². The van der Waals surface area contributed by atoms with Crippen molar-refractivity contribution < 1.29 is 4.74 Å². The maximum Gasteiger partial charge on any atom is 0.140 e. The van der Waals surface area contributed by atoms with E-state index in [1.54, 1.807) is 0 Å². The molecule has 2 N–H and O–H groups in total. The Balaban J connectivity index is 2.15. The van der Waals surface area contributed by atoms with E-state index in [0.29, 0.717) is 11.6 Å². The zero-order chi connectivity index (χ0) is 14.7. The van der Waals surface area contributed by atoms with Crippen molar-refractivity contribution in [2.45, 2.75) is 33.8 Å². The lowest BCUT2D eigenvalue weighted by Gasteiger charge is -2.08. The lowest BCUT2D eigenvalue weighted by molar-refractivity contribution is 0.303. The van der Waals surface area contributed by atoms with Crippen molar-refractivity contribution in [2.75, 3.05) is 0 Å². The highest BCUT2D eigenvalue weighted by Crippen LogP contribution is 2.23. The molecule has 0 amide bonds. The third-order valence-corrected chi connectivity index (χ3v) is 4.43. The van der Waals surface area contributed by atoms with Crippen LogP contribution < -0.4 is 10.5 Å². The molecule has 0 unspecified atom stereocenters. The van der Waals surface area contributed by atoms with Gasteiger partial charge in [0.15, 0.2) is 0 Å². The molecule has 0 aliphatic rings. The highest BCUT2D eigenvalue weighted by atomic mass is 32.1. The normalized spacial score (nSPS) is 10.6. The molecule has 0 aliphatic heterocycles. The molecule has 2 rings (SSSR count). The number of hydrogen-bond acceptors (Lipinski definition) is 4. The summed E-state index contributed by atoms with van der Waals surface area (Å²) in [5.74, 6) is 0.898. The van der Waals surface area contributed by atoms with Crippen molar-refractivity contribution in [3.63, 3.8) is 0 Å². The summed E-state index contributed by atoms with van der Waals surface area (Å²) < 4.78 is 5.86. The average Bonchev–Trinajstić information content (AvgIpc) is 2.83. The lowest BCUT2D eigenvalue weighted by atomic mass is 10.1. The van der Waals surface area contributed by atoms with E-state index in [0.717, 1.165) is 33.3 Å². The molecule has 2 aromatic rings. The zero-order valence-corrected chi connectivity index (χ0v) is 13.5. The maximum absolute atomic E-state index is 5.86. The van der Waals surface area contributed by atoms with Gasteiger partial charge in [-0.15, -0.1) is 11.3 Å². The Bertz CT molecular complexity index is 635. The quantitative estimate of drug-likeness (QED) is 0.858. The molecule has 0 radical (unpaired) electrons. The second-order valence-electron chi connectivity index (χ2n) is 4.66. The molecular weight excluding hydrogens is 288 g/mol. The number of benzene rings is 1. The number of aryl methyl sites for hydroxylation is 3. The second kappa shape index (κ2) is 6.33. The molecule has 0 aliphatic carbocycles. The SMILES string of the molecule is CCc1nc(COc2cc(C)ccc2C)sc1C(N)=S. The van der Waals surface area contributed by atoms with Crippen LogP contribution in [0.15, 0.2) is 18.2 Å². The highest BCUT2D eigenvalue weighted by molar-refractivity contribution is 7.81. The Labute approximate surface area is 128 Å². The fourth-order valence-corrected chi connectivity index (χ4v) is 3.06. The first-order valence-electron chi connectivity index (χ1n) is 6.49. The van der Waals surface area contributed by atoms with Crippen molar-refractivity contribution in [2.24, 2.45) is 5.73 Å². The van der Waals surface area contributed by atoms with Crippen LogP contribution in [-0.4, -0.2) is 9.97 Å². The summed E-state index contributed by atoms with van der Waals surface area (Å²) >= 11 is 6.57. The van der Waals surface area contributed by atoms with Gasteiger partial charge < -0.3 is 10.5 Å². The van der Waals surface area contributed by atoms with Crippen molar-refractivity contribution >= 4 is 28.5 Å². The molecule has 1 heterocycles. The van der Waals surface area contributed by atoms with E-state index in [-0.39, 0.29) is 0 Å². The van der Waals surface area contributed by atoms with Gasteiger partial charge in [0.2, 0.25) is 0 Å². The second-order valence-corrected chi connectivity index (χ2v) is 6.18. The van der Waals surface area contributed by atoms with Crippen molar-refractivity contribution in [1.29, 1.82) is 0 Å². The van der Waals surface area contributed by atoms with Crippen LogP contribution in [0.4, 0.5) is 0 Å². The van der Waals surface area contributed by atoms with E-state index < -0.39 is 0 Å². The Morgan fingerprint density at radius 1 is 1.40 bits per heavy atom. The number of thiocarbonyl (C=S) groups is 1. The summed E-state index contributed by atoms with van der Waals surface area (Å²) in [5, 5.41) is 0.908. The number of rotatable bonds is 5.